The van der Waals surface area contributed by atoms with E-state index in [1.54, 1.807) is 32.9 Å². The molecule has 1 aromatic carbocycles. The zero-order valence-electron chi connectivity index (χ0n) is 10.6. The van der Waals surface area contributed by atoms with Crippen molar-refractivity contribution in [1.82, 2.24) is 4.72 Å². The summed E-state index contributed by atoms with van der Waals surface area (Å²) in [6, 6.07) is 4.30. The highest BCUT2D eigenvalue weighted by Crippen LogP contribution is 2.20. The largest absolute Gasteiger partial charge is 0.396 e. The first-order valence-electron chi connectivity index (χ1n) is 5.67. The minimum Gasteiger partial charge on any atom is -0.396 e. The Labute approximate surface area is 113 Å². The van der Waals surface area contributed by atoms with Gasteiger partial charge in [-0.15, -0.1) is 0 Å². The lowest BCUT2D eigenvalue weighted by Gasteiger charge is -2.20. The SMILES string of the molecule is Cc1cc(Cl)ccc1S(=O)(=O)NC(C)C(C)CO. The second-order valence-corrected chi connectivity index (χ2v) is 6.60. The van der Waals surface area contributed by atoms with Crippen molar-refractivity contribution in [2.45, 2.75) is 31.7 Å². The third kappa shape index (κ3) is 3.68. The first kappa shape index (κ1) is 15.4. The third-order valence-electron chi connectivity index (χ3n) is 2.91. The van der Waals surface area contributed by atoms with Gasteiger partial charge in [0, 0.05) is 17.7 Å². The zero-order valence-corrected chi connectivity index (χ0v) is 12.2. The number of rotatable bonds is 5. The van der Waals surface area contributed by atoms with E-state index >= 15 is 0 Å². The van der Waals surface area contributed by atoms with Crippen molar-refractivity contribution >= 4 is 21.6 Å². The van der Waals surface area contributed by atoms with Crippen molar-refractivity contribution in [3.05, 3.63) is 28.8 Å². The van der Waals surface area contributed by atoms with E-state index in [2.05, 4.69) is 4.72 Å². The molecule has 18 heavy (non-hydrogen) atoms. The molecule has 0 amide bonds. The molecule has 0 heterocycles. The van der Waals surface area contributed by atoms with Gasteiger partial charge in [0.15, 0.2) is 0 Å². The van der Waals surface area contributed by atoms with Crippen LogP contribution in [0.4, 0.5) is 0 Å². The lowest BCUT2D eigenvalue weighted by atomic mass is 10.1. The summed E-state index contributed by atoms with van der Waals surface area (Å²) >= 11 is 5.80. The van der Waals surface area contributed by atoms with Crippen molar-refractivity contribution in [1.29, 1.82) is 0 Å². The Kier molecular flexibility index (Phi) is 5.16. The molecule has 0 radical (unpaired) electrons. The lowest BCUT2D eigenvalue weighted by molar-refractivity contribution is 0.216. The minimum absolute atomic E-state index is 0.0662. The molecule has 102 valence electrons. The number of sulfonamides is 1. The van der Waals surface area contributed by atoms with Crippen LogP contribution >= 0.6 is 11.6 Å². The van der Waals surface area contributed by atoms with Crippen LogP contribution < -0.4 is 4.72 Å². The van der Waals surface area contributed by atoms with Gasteiger partial charge >= 0.3 is 0 Å². The summed E-state index contributed by atoms with van der Waals surface area (Å²) in [6.45, 7) is 5.13. The fourth-order valence-corrected chi connectivity index (χ4v) is 3.30. The predicted octanol–water partition coefficient (Wildman–Crippen LogP) is 1.94. The Hall–Kier alpha value is -0.620. The molecule has 2 N–H and O–H groups in total. The molecule has 0 saturated heterocycles. The standard InChI is InChI=1S/C12H18ClNO3S/c1-8-6-11(13)4-5-12(8)18(16,17)14-10(3)9(2)7-15/h4-6,9-10,14-15H,7H2,1-3H3. The van der Waals surface area contributed by atoms with Gasteiger partial charge in [-0.05, 0) is 43.5 Å². The first-order chi connectivity index (χ1) is 8.27. The predicted molar refractivity (Wildman–Crippen MR) is 72.2 cm³/mol. The van der Waals surface area contributed by atoms with Crippen LogP contribution in [0.1, 0.15) is 19.4 Å². The van der Waals surface area contributed by atoms with Crippen LogP contribution in [-0.2, 0) is 10.0 Å². The Balaban J connectivity index is 3.00. The van der Waals surface area contributed by atoms with Gasteiger partial charge in [0.2, 0.25) is 10.0 Å². The van der Waals surface area contributed by atoms with Gasteiger partial charge in [-0.3, -0.25) is 0 Å². The first-order valence-corrected chi connectivity index (χ1v) is 7.53. The molecule has 0 bridgehead atoms. The van der Waals surface area contributed by atoms with Crippen LogP contribution in [0.5, 0.6) is 0 Å². The highest BCUT2D eigenvalue weighted by atomic mass is 35.5. The van der Waals surface area contributed by atoms with Crippen LogP contribution in [0.3, 0.4) is 0 Å². The van der Waals surface area contributed by atoms with E-state index in [-0.39, 0.29) is 23.5 Å². The van der Waals surface area contributed by atoms with E-state index in [0.717, 1.165) is 0 Å². The number of nitrogens with one attached hydrogen (secondary N) is 1. The maximum Gasteiger partial charge on any atom is 0.241 e. The number of aliphatic hydroxyl groups is 1. The van der Waals surface area contributed by atoms with E-state index in [1.807, 2.05) is 0 Å². The summed E-state index contributed by atoms with van der Waals surface area (Å²) in [7, 11) is -3.58. The smallest absolute Gasteiger partial charge is 0.241 e. The average Bonchev–Trinajstić information content (AvgIpc) is 2.26. The molecule has 0 aliphatic rings. The molecule has 0 saturated carbocycles. The molecule has 6 heteroatoms. The van der Waals surface area contributed by atoms with Crippen LogP contribution in [0, 0.1) is 12.8 Å². The highest BCUT2D eigenvalue weighted by Gasteiger charge is 2.22. The summed E-state index contributed by atoms with van der Waals surface area (Å²) < 4.78 is 26.9. The minimum atomic E-state index is -3.58. The zero-order chi connectivity index (χ0) is 13.9. The second kappa shape index (κ2) is 6.02. The molecule has 1 aromatic rings. The van der Waals surface area contributed by atoms with Crippen molar-refractivity contribution < 1.29 is 13.5 Å². The molecule has 0 aromatic heterocycles. The maximum absolute atomic E-state index is 12.2. The van der Waals surface area contributed by atoms with Crippen LogP contribution in [-0.4, -0.2) is 26.2 Å². The Morgan fingerprint density at radius 1 is 1.39 bits per heavy atom. The summed E-state index contributed by atoms with van der Waals surface area (Å²) in [4.78, 5) is 0.212. The molecule has 0 fully saturated rings. The monoisotopic (exact) mass is 291 g/mol. The number of hydrogen-bond donors (Lipinski definition) is 2. The number of aryl methyl sites for hydroxylation is 1. The molecular weight excluding hydrogens is 274 g/mol. The lowest BCUT2D eigenvalue weighted by Crippen LogP contribution is -2.38. The van der Waals surface area contributed by atoms with Crippen molar-refractivity contribution in [3.63, 3.8) is 0 Å². The maximum atomic E-state index is 12.2. The fourth-order valence-electron chi connectivity index (χ4n) is 1.50. The molecule has 0 spiro atoms. The van der Waals surface area contributed by atoms with Gasteiger partial charge in [0.25, 0.3) is 0 Å². The molecular formula is C12H18ClNO3S. The van der Waals surface area contributed by atoms with E-state index < -0.39 is 10.0 Å². The van der Waals surface area contributed by atoms with Crippen molar-refractivity contribution in [2.24, 2.45) is 5.92 Å². The van der Waals surface area contributed by atoms with E-state index in [9.17, 15) is 8.42 Å². The average molecular weight is 292 g/mol. The quantitative estimate of drug-likeness (QED) is 0.871. The van der Waals surface area contributed by atoms with Gasteiger partial charge in [0.05, 0.1) is 4.90 Å². The Morgan fingerprint density at radius 2 is 2.00 bits per heavy atom. The Bertz CT molecular complexity index is 516. The summed E-state index contributed by atoms with van der Waals surface area (Å²) in [6.07, 6.45) is 0. The van der Waals surface area contributed by atoms with Gasteiger partial charge in [-0.25, -0.2) is 13.1 Å². The highest BCUT2D eigenvalue weighted by molar-refractivity contribution is 7.89. The second-order valence-electron chi connectivity index (χ2n) is 4.48. The third-order valence-corrected chi connectivity index (χ3v) is 4.86. The van der Waals surface area contributed by atoms with Crippen molar-refractivity contribution in [3.8, 4) is 0 Å². The van der Waals surface area contributed by atoms with Crippen LogP contribution in [0.2, 0.25) is 5.02 Å². The molecule has 2 atom stereocenters. The van der Waals surface area contributed by atoms with Gasteiger partial charge in [-0.1, -0.05) is 18.5 Å². The molecule has 0 aliphatic heterocycles. The molecule has 0 aliphatic carbocycles. The number of hydrogen-bond acceptors (Lipinski definition) is 3. The molecule has 2 unspecified atom stereocenters. The number of aliphatic hydroxyl groups excluding tert-OH is 1. The Morgan fingerprint density at radius 3 is 2.50 bits per heavy atom. The summed E-state index contributed by atoms with van der Waals surface area (Å²) in [5.74, 6) is -0.146. The van der Waals surface area contributed by atoms with Crippen molar-refractivity contribution in [2.75, 3.05) is 6.61 Å². The number of benzene rings is 1. The summed E-state index contributed by atoms with van der Waals surface area (Å²) in [5, 5.41) is 9.51. The van der Waals surface area contributed by atoms with E-state index in [4.69, 9.17) is 16.7 Å². The van der Waals surface area contributed by atoms with Gasteiger partial charge in [0.1, 0.15) is 0 Å². The van der Waals surface area contributed by atoms with Gasteiger partial charge < -0.3 is 5.11 Å². The van der Waals surface area contributed by atoms with E-state index in [0.29, 0.717) is 10.6 Å². The molecule has 1 rings (SSSR count). The number of halogens is 1. The summed E-state index contributed by atoms with van der Waals surface area (Å²) in [5.41, 5.74) is 0.596. The van der Waals surface area contributed by atoms with Crippen LogP contribution in [0.15, 0.2) is 23.1 Å². The van der Waals surface area contributed by atoms with Gasteiger partial charge in [-0.2, -0.15) is 0 Å². The van der Waals surface area contributed by atoms with Crippen LogP contribution in [0.25, 0.3) is 0 Å². The van der Waals surface area contributed by atoms with E-state index in [1.165, 1.54) is 6.07 Å². The molecule has 4 nitrogen and oxygen atoms in total. The fraction of sp³-hybridized carbons (Fsp3) is 0.500. The normalized spacial score (nSPS) is 15.4. The topological polar surface area (TPSA) is 66.4 Å².